The Labute approximate surface area is 116 Å². The molecule has 2 rings (SSSR count). The fraction of sp³-hybridized carbons (Fsp3) is 0.929. The maximum atomic E-state index is 12.3. The van der Waals surface area contributed by atoms with Crippen LogP contribution < -0.4 is 5.32 Å². The van der Waals surface area contributed by atoms with Crippen molar-refractivity contribution >= 4 is 5.91 Å². The third-order valence-corrected chi connectivity index (χ3v) is 4.39. The number of hydrogen-bond donors (Lipinski definition) is 1. The van der Waals surface area contributed by atoms with E-state index in [1.807, 2.05) is 11.8 Å². The normalized spacial score (nSPS) is 31.2. The maximum Gasteiger partial charge on any atom is 0.239 e. The first-order chi connectivity index (χ1) is 9.08. The number of amides is 1. The zero-order valence-corrected chi connectivity index (χ0v) is 12.4. The van der Waals surface area contributed by atoms with Gasteiger partial charge in [0.2, 0.25) is 5.91 Å². The molecule has 0 radical (unpaired) electrons. The summed E-state index contributed by atoms with van der Waals surface area (Å²) in [5.41, 5.74) is 0. The first-order valence-corrected chi connectivity index (χ1v) is 7.40. The average Bonchev–Trinajstić information content (AvgIpc) is 2.43. The fourth-order valence-corrected chi connectivity index (χ4v) is 2.92. The van der Waals surface area contributed by atoms with Gasteiger partial charge in [0.15, 0.2) is 0 Å². The van der Waals surface area contributed by atoms with Gasteiger partial charge in [-0.3, -0.25) is 4.79 Å². The van der Waals surface area contributed by atoms with Crippen LogP contribution in [-0.2, 0) is 9.53 Å². The SMILES string of the molecule is CC(NC1CCN(C)C(C)C1)C(=O)N1CCOCC1. The van der Waals surface area contributed by atoms with Gasteiger partial charge in [-0.1, -0.05) is 0 Å². The number of nitrogens with zero attached hydrogens (tertiary/aromatic N) is 2. The molecule has 3 unspecified atom stereocenters. The Morgan fingerprint density at radius 3 is 2.63 bits per heavy atom. The smallest absolute Gasteiger partial charge is 0.239 e. The van der Waals surface area contributed by atoms with Crippen molar-refractivity contribution in [3.05, 3.63) is 0 Å². The van der Waals surface area contributed by atoms with Gasteiger partial charge >= 0.3 is 0 Å². The molecular weight excluding hydrogens is 242 g/mol. The van der Waals surface area contributed by atoms with E-state index in [1.54, 1.807) is 0 Å². The molecule has 0 aromatic carbocycles. The predicted octanol–water partition coefficient (Wildman–Crippen LogP) is 0.306. The highest BCUT2D eigenvalue weighted by Crippen LogP contribution is 2.16. The van der Waals surface area contributed by atoms with Crippen LogP contribution in [-0.4, -0.2) is 73.7 Å². The highest BCUT2D eigenvalue weighted by atomic mass is 16.5. The molecule has 0 spiro atoms. The molecule has 2 saturated heterocycles. The number of nitrogens with one attached hydrogen (secondary N) is 1. The molecular formula is C14H27N3O2. The number of morpholine rings is 1. The summed E-state index contributed by atoms with van der Waals surface area (Å²) in [6, 6.07) is 0.974. The van der Waals surface area contributed by atoms with Crippen LogP contribution >= 0.6 is 0 Å². The Kier molecular flexibility index (Phi) is 5.19. The molecule has 110 valence electrons. The molecule has 0 saturated carbocycles. The second kappa shape index (κ2) is 6.68. The Morgan fingerprint density at radius 2 is 2.00 bits per heavy atom. The summed E-state index contributed by atoms with van der Waals surface area (Å²) >= 11 is 0. The van der Waals surface area contributed by atoms with Gasteiger partial charge in [-0.15, -0.1) is 0 Å². The molecule has 5 nitrogen and oxygen atoms in total. The first-order valence-electron chi connectivity index (χ1n) is 7.40. The van der Waals surface area contributed by atoms with Crippen molar-refractivity contribution in [1.82, 2.24) is 15.1 Å². The Bertz CT molecular complexity index is 305. The molecule has 5 heteroatoms. The Hall–Kier alpha value is -0.650. The first kappa shape index (κ1) is 14.8. The molecule has 0 aromatic rings. The highest BCUT2D eigenvalue weighted by molar-refractivity contribution is 5.81. The van der Waals surface area contributed by atoms with Gasteiger partial charge in [0.05, 0.1) is 19.3 Å². The van der Waals surface area contributed by atoms with Gasteiger partial charge < -0.3 is 19.9 Å². The van der Waals surface area contributed by atoms with Crippen LogP contribution in [0.3, 0.4) is 0 Å². The molecule has 2 aliphatic rings. The van der Waals surface area contributed by atoms with Crippen molar-refractivity contribution in [2.24, 2.45) is 0 Å². The molecule has 2 heterocycles. The van der Waals surface area contributed by atoms with Crippen LogP contribution in [0.25, 0.3) is 0 Å². The largest absolute Gasteiger partial charge is 0.378 e. The van der Waals surface area contributed by atoms with Crippen LogP contribution in [0.1, 0.15) is 26.7 Å². The second-order valence-corrected chi connectivity index (χ2v) is 5.88. The van der Waals surface area contributed by atoms with Crippen LogP contribution in [0.5, 0.6) is 0 Å². The van der Waals surface area contributed by atoms with E-state index >= 15 is 0 Å². The number of rotatable bonds is 3. The highest BCUT2D eigenvalue weighted by Gasteiger charge is 2.27. The Balaban J connectivity index is 1.79. The molecule has 19 heavy (non-hydrogen) atoms. The lowest BCUT2D eigenvalue weighted by molar-refractivity contribution is -0.137. The van der Waals surface area contributed by atoms with Crippen molar-refractivity contribution in [2.45, 2.75) is 44.8 Å². The van der Waals surface area contributed by atoms with Crippen LogP contribution in [0.2, 0.25) is 0 Å². The van der Waals surface area contributed by atoms with Crippen molar-refractivity contribution in [3.63, 3.8) is 0 Å². The summed E-state index contributed by atoms with van der Waals surface area (Å²) in [5, 5.41) is 3.51. The molecule has 0 bridgehead atoms. The number of ether oxygens (including phenoxy) is 1. The summed E-state index contributed by atoms with van der Waals surface area (Å²) in [5.74, 6) is 0.217. The van der Waals surface area contributed by atoms with E-state index in [-0.39, 0.29) is 11.9 Å². The lowest BCUT2D eigenvalue weighted by Gasteiger charge is -2.37. The number of piperidine rings is 1. The monoisotopic (exact) mass is 269 g/mol. The van der Waals surface area contributed by atoms with Crippen molar-refractivity contribution in [2.75, 3.05) is 39.9 Å². The third-order valence-electron chi connectivity index (χ3n) is 4.39. The predicted molar refractivity (Wildman–Crippen MR) is 75.1 cm³/mol. The van der Waals surface area contributed by atoms with Crippen LogP contribution in [0.15, 0.2) is 0 Å². The molecule has 3 atom stereocenters. The maximum absolute atomic E-state index is 12.3. The van der Waals surface area contributed by atoms with E-state index in [0.29, 0.717) is 25.3 Å². The van der Waals surface area contributed by atoms with Gasteiger partial charge in [-0.25, -0.2) is 0 Å². The lowest BCUT2D eigenvalue weighted by Crippen LogP contribution is -2.54. The number of carbonyl (C=O) groups excluding carboxylic acids is 1. The van der Waals surface area contributed by atoms with Gasteiger partial charge in [0.25, 0.3) is 0 Å². The van der Waals surface area contributed by atoms with Crippen molar-refractivity contribution in [1.29, 1.82) is 0 Å². The third kappa shape index (κ3) is 3.91. The summed E-state index contributed by atoms with van der Waals surface area (Å²) in [7, 11) is 2.17. The van der Waals surface area contributed by atoms with Gasteiger partial charge in [-0.05, 0) is 40.3 Å². The van der Waals surface area contributed by atoms with Crippen molar-refractivity contribution in [3.8, 4) is 0 Å². The topological polar surface area (TPSA) is 44.8 Å². The van der Waals surface area contributed by atoms with E-state index < -0.39 is 0 Å². The summed E-state index contributed by atoms with van der Waals surface area (Å²) in [4.78, 5) is 16.6. The summed E-state index contributed by atoms with van der Waals surface area (Å²) in [6.07, 6.45) is 2.25. The van der Waals surface area contributed by atoms with Gasteiger partial charge in [-0.2, -0.15) is 0 Å². The molecule has 0 aliphatic carbocycles. The zero-order chi connectivity index (χ0) is 13.8. The summed E-state index contributed by atoms with van der Waals surface area (Å²) < 4.78 is 5.29. The molecule has 0 aromatic heterocycles. The number of carbonyl (C=O) groups is 1. The van der Waals surface area contributed by atoms with E-state index in [9.17, 15) is 4.79 Å². The van der Waals surface area contributed by atoms with E-state index in [1.165, 1.54) is 0 Å². The fourth-order valence-electron chi connectivity index (χ4n) is 2.92. The number of hydrogen-bond acceptors (Lipinski definition) is 4. The van der Waals surface area contributed by atoms with E-state index in [2.05, 4.69) is 24.2 Å². The quantitative estimate of drug-likeness (QED) is 0.801. The van der Waals surface area contributed by atoms with Crippen LogP contribution in [0, 0.1) is 0 Å². The minimum absolute atomic E-state index is 0.0845. The average molecular weight is 269 g/mol. The number of likely N-dealkylation sites (tertiary alicyclic amines) is 1. The van der Waals surface area contributed by atoms with Crippen molar-refractivity contribution < 1.29 is 9.53 Å². The van der Waals surface area contributed by atoms with E-state index in [4.69, 9.17) is 4.74 Å². The van der Waals surface area contributed by atoms with Crippen LogP contribution in [0.4, 0.5) is 0 Å². The molecule has 2 fully saturated rings. The lowest BCUT2D eigenvalue weighted by atomic mass is 9.98. The molecule has 1 amide bonds. The zero-order valence-electron chi connectivity index (χ0n) is 12.4. The van der Waals surface area contributed by atoms with Gasteiger partial charge in [0, 0.05) is 25.2 Å². The standard InChI is InChI=1S/C14H27N3O2/c1-11-10-13(4-5-16(11)3)15-12(2)14(18)17-6-8-19-9-7-17/h11-13,15H,4-10H2,1-3H3. The molecule has 2 aliphatic heterocycles. The molecule has 1 N–H and O–H groups in total. The minimum Gasteiger partial charge on any atom is -0.378 e. The summed E-state index contributed by atoms with van der Waals surface area (Å²) in [6.45, 7) is 8.15. The Morgan fingerprint density at radius 1 is 1.32 bits per heavy atom. The van der Waals surface area contributed by atoms with Gasteiger partial charge in [0.1, 0.15) is 0 Å². The minimum atomic E-state index is -0.0845. The van der Waals surface area contributed by atoms with E-state index in [0.717, 1.165) is 32.5 Å². The second-order valence-electron chi connectivity index (χ2n) is 5.88.